The van der Waals surface area contributed by atoms with Crippen LogP contribution in [0.25, 0.3) is 22.5 Å². The van der Waals surface area contributed by atoms with Crippen LogP contribution in [0.5, 0.6) is 0 Å². The molecule has 6 aromatic rings. The molecule has 3 N–H and O–H groups in total. The van der Waals surface area contributed by atoms with Crippen LogP contribution in [0.1, 0.15) is 36.1 Å². The van der Waals surface area contributed by atoms with Crippen LogP contribution in [0.4, 0.5) is 0 Å². The lowest BCUT2D eigenvalue weighted by Crippen LogP contribution is -2.41. The maximum absolute atomic E-state index is 12.2. The zero-order chi connectivity index (χ0) is 37.1. The zero-order valence-electron chi connectivity index (χ0n) is 29.0. The molecular formula is C41H39N5O6. The molecule has 0 bridgehead atoms. The first-order chi connectivity index (χ1) is 25.2. The number of rotatable bonds is 11. The molecule has 52 heavy (non-hydrogen) atoms. The molecule has 1 atom stereocenters. The summed E-state index contributed by atoms with van der Waals surface area (Å²) in [6.45, 7) is 4.56. The van der Waals surface area contributed by atoms with Crippen molar-refractivity contribution in [2.24, 2.45) is 5.92 Å². The molecule has 11 heteroatoms. The normalized spacial score (nSPS) is 11.6. The molecule has 11 nitrogen and oxygen atoms in total. The molecule has 0 spiro atoms. The van der Waals surface area contributed by atoms with Crippen LogP contribution in [-0.4, -0.2) is 61.5 Å². The SMILES string of the molecule is COC(=O)[C@H](NCc1ccc(-c2ccccc2-c2nnnn2C(c2ccccc2)(c2ccccc2)c2ccccc2)cc1)C(C)C.O=C(O)C(=O)O. The number of carboxylic acids is 2. The van der Waals surface area contributed by atoms with Gasteiger partial charge in [0.2, 0.25) is 0 Å². The third-order valence-electron chi connectivity index (χ3n) is 8.63. The van der Waals surface area contributed by atoms with Gasteiger partial charge in [0.15, 0.2) is 5.82 Å². The molecule has 0 aliphatic rings. The fourth-order valence-electron chi connectivity index (χ4n) is 6.16. The third-order valence-corrected chi connectivity index (χ3v) is 8.63. The molecule has 0 amide bonds. The van der Waals surface area contributed by atoms with Crippen LogP contribution in [0, 0.1) is 5.92 Å². The number of nitrogens with zero attached hydrogens (tertiary/aromatic N) is 4. The zero-order valence-corrected chi connectivity index (χ0v) is 29.0. The first kappa shape index (κ1) is 36.8. The van der Waals surface area contributed by atoms with E-state index in [-0.39, 0.29) is 17.9 Å². The van der Waals surface area contributed by atoms with Gasteiger partial charge in [-0.05, 0) is 49.7 Å². The lowest BCUT2D eigenvalue weighted by molar-refractivity contribution is -0.159. The number of hydrogen-bond donors (Lipinski definition) is 3. The Morgan fingerprint density at radius 1 is 0.692 bits per heavy atom. The number of carbonyl (C=O) groups excluding carboxylic acids is 1. The number of tetrazole rings is 1. The van der Waals surface area contributed by atoms with Crippen LogP contribution < -0.4 is 5.32 Å². The van der Waals surface area contributed by atoms with Crippen molar-refractivity contribution in [1.29, 1.82) is 0 Å². The molecule has 6 rings (SSSR count). The molecule has 0 radical (unpaired) electrons. The van der Waals surface area contributed by atoms with Gasteiger partial charge in [-0.3, -0.25) is 4.79 Å². The Kier molecular flexibility index (Phi) is 12.0. The van der Waals surface area contributed by atoms with Gasteiger partial charge in [0, 0.05) is 12.1 Å². The van der Waals surface area contributed by atoms with Gasteiger partial charge in [0.25, 0.3) is 0 Å². The summed E-state index contributed by atoms with van der Waals surface area (Å²) in [7, 11) is 1.42. The standard InChI is InChI=1S/C39H37N5O2.C2H2O4/c1-28(2)36(38(45)46-3)40-27-29-23-25-30(26-24-29)34-21-13-14-22-35(34)37-41-42-43-44(37)39(31-15-7-4-8-16-31,32-17-9-5-10-18-32)33-19-11-6-12-20-33;3-1(4)2(5)6/h4-26,28,36,40H,27H2,1-3H3;(H,3,4)(H,5,6)/t36-;/m1./s1. The Hall–Kier alpha value is -6.46. The summed E-state index contributed by atoms with van der Waals surface area (Å²) in [5.74, 6) is -3.14. The number of carbonyl (C=O) groups is 3. The minimum atomic E-state index is -1.82. The van der Waals surface area contributed by atoms with Crippen molar-refractivity contribution in [3.63, 3.8) is 0 Å². The maximum atomic E-state index is 12.2. The van der Waals surface area contributed by atoms with Crippen LogP contribution in [-0.2, 0) is 31.2 Å². The van der Waals surface area contributed by atoms with Gasteiger partial charge < -0.3 is 20.3 Å². The van der Waals surface area contributed by atoms with E-state index in [2.05, 4.69) is 125 Å². The van der Waals surface area contributed by atoms with Crippen LogP contribution in [0.3, 0.4) is 0 Å². The topological polar surface area (TPSA) is 157 Å². The largest absolute Gasteiger partial charge is 0.473 e. The van der Waals surface area contributed by atoms with Crippen molar-refractivity contribution >= 4 is 17.9 Å². The molecule has 264 valence electrons. The summed E-state index contributed by atoms with van der Waals surface area (Å²) in [5, 5.41) is 31.8. The number of ether oxygens (including phenoxy) is 1. The second kappa shape index (κ2) is 17.0. The Balaban J connectivity index is 0.000000803. The monoisotopic (exact) mass is 697 g/mol. The summed E-state index contributed by atoms with van der Waals surface area (Å²) < 4.78 is 6.95. The van der Waals surface area contributed by atoms with E-state index in [1.54, 1.807) is 0 Å². The van der Waals surface area contributed by atoms with Crippen LogP contribution >= 0.6 is 0 Å². The van der Waals surface area contributed by atoms with E-state index >= 15 is 0 Å². The molecule has 1 aromatic heterocycles. The third kappa shape index (κ3) is 7.95. The van der Waals surface area contributed by atoms with Gasteiger partial charge in [0.05, 0.1) is 7.11 Å². The Labute approximate surface area is 301 Å². The average molecular weight is 698 g/mol. The van der Waals surface area contributed by atoms with E-state index in [4.69, 9.17) is 29.8 Å². The summed E-state index contributed by atoms with van der Waals surface area (Å²) in [6, 6.07) is 47.4. The van der Waals surface area contributed by atoms with Crippen molar-refractivity contribution in [2.75, 3.05) is 7.11 Å². The van der Waals surface area contributed by atoms with Crippen LogP contribution in [0.2, 0.25) is 0 Å². The summed E-state index contributed by atoms with van der Waals surface area (Å²) in [4.78, 5) is 30.4. The Morgan fingerprint density at radius 3 is 1.60 bits per heavy atom. The van der Waals surface area contributed by atoms with Gasteiger partial charge >= 0.3 is 17.9 Å². The molecule has 5 aromatic carbocycles. The molecule has 1 heterocycles. The number of aromatic nitrogens is 4. The van der Waals surface area contributed by atoms with Gasteiger partial charge in [-0.25, -0.2) is 14.3 Å². The molecule has 0 unspecified atom stereocenters. The van der Waals surface area contributed by atoms with Crippen molar-refractivity contribution < 1.29 is 29.3 Å². The maximum Gasteiger partial charge on any atom is 0.414 e. The average Bonchev–Trinajstić information content (AvgIpc) is 3.67. The first-order valence-corrected chi connectivity index (χ1v) is 16.6. The van der Waals surface area contributed by atoms with Crippen molar-refractivity contribution in [3.8, 4) is 22.5 Å². The molecule has 0 aliphatic carbocycles. The molecule has 0 saturated carbocycles. The van der Waals surface area contributed by atoms with E-state index < -0.39 is 17.5 Å². The molecule has 0 fully saturated rings. The Morgan fingerprint density at radius 2 is 1.15 bits per heavy atom. The lowest BCUT2D eigenvalue weighted by atomic mass is 9.77. The number of aliphatic carboxylic acids is 2. The van der Waals surface area contributed by atoms with Crippen molar-refractivity contribution in [2.45, 2.75) is 32.0 Å². The molecule has 0 saturated heterocycles. The second-order valence-corrected chi connectivity index (χ2v) is 12.2. The van der Waals surface area contributed by atoms with Gasteiger partial charge in [-0.15, -0.1) is 5.10 Å². The first-order valence-electron chi connectivity index (χ1n) is 16.6. The number of methoxy groups -OCH3 is 1. The smallest absolute Gasteiger partial charge is 0.414 e. The molecule has 0 aliphatic heterocycles. The minimum Gasteiger partial charge on any atom is -0.473 e. The number of carboxylic acid groups (broad SMARTS) is 2. The highest BCUT2D eigenvalue weighted by Gasteiger charge is 2.42. The lowest BCUT2D eigenvalue weighted by Gasteiger charge is -2.36. The van der Waals surface area contributed by atoms with Gasteiger partial charge in [-0.1, -0.05) is 153 Å². The van der Waals surface area contributed by atoms with E-state index in [0.717, 1.165) is 38.9 Å². The van der Waals surface area contributed by atoms with Crippen molar-refractivity contribution in [1.82, 2.24) is 25.5 Å². The fraction of sp³-hybridized carbons (Fsp3) is 0.171. The van der Waals surface area contributed by atoms with E-state index in [1.165, 1.54) is 7.11 Å². The highest BCUT2D eigenvalue weighted by Crippen LogP contribution is 2.43. The predicted octanol–water partition coefficient (Wildman–Crippen LogP) is 6.29. The van der Waals surface area contributed by atoms with E-state index in [9.17, 15) is 4.79 Å². The summed E-state index contributed by atoms with van der Waals surface area (Å²) in [6.07, 6.45) is 0. The number of benzene rings is 5. The van der Waals surface area contributed by atoms with E-state index in [0.29, 0.717) is 12.4 Å². The van der Waals surface area contributed by atoms with Crippen LogP contribution in [0.15, 0.2) is 140 Å². The van der Waals surface area contributed by atoms with E-state index in [1.807, 2.05) is 48.9 Å². The van der Waals surface area contributed by atoms with Gasteiger partial charge in [0.1, 0.15) is 11.6 Å². The van der Waals surface area contributed by atoms with Crippen molar-refractivity contribution in [3.05, 3.63) is 162 Å². The minimum absolute atomic E-state index is 0.110. The summed E-state index contributed by atoms with van der Waals surface area (Å²) >= 11 is 0. The van der Waals surface area contributed by atoms with Gasteiger partial charge in [-0.2, -0.15) is 0 Å². The highest BCUT2D eigenvalue weighted by atomic mass is 16.5. The highest BCUT2D eigenvalue weighted by molar-refractivity contribution is 6.27. The molecular weight excluding hydrogens is 658 g/mol. The fourth-order valence-corrected chi connectivity index (χ4v) is 6.16. The Bertz CT molecular complexity index is 1980. The quantitative estimate of drug-likeness (QED) is 0.0799. The predicted molar refractivity (Wildman–Crippen MR) is 196 cm³/mol. The second-order valence-electron chi connectivity index (χ2n) is 12.2. The summed E-state index contributed by atoms with van der Waals surface area (Å²) in [5.41, 5.74) is 6.30. The number of nitrogens with one attached hydrogen (secondary N) is 1. The number of hydrogen-bond acceptors (Lipinski definition) is 8. The number of esters is 1.